The fourth-order valence-corrected chi connectivity index (χ4v) is 1.35. The third-order valence-corrected chi connectivity index (χ3v) is 2.14. The van der Waals surface area contributed by atoms with E-state index >= 15 is 0 Å². The Hall–Kier alpha value is -1.04. The van der Waals surface area contributed by atoms with Crippen LogP contribution in [0.3, 0.4) is 0 Å². The van der Waals surface area contributed by atoms with Crippen LogP contribution in [0.1, 0.15) is 47.0 Å². The topological polar surface area (TPSA) is 31.5 Å². The average Bonchev–Trinajstić information content (AvgIpc) is 1.88. The van der Waals surface area contributed by atoms with Crippen molar-refractivity contribution in [2.45, 2.75) is 47.0 Å². The summed E-state index contributed by atoms with van der Waals surface area (Å²) in [6.45, 7) is 9.10. The smallest absolute Gasteiger partial charge is 0 e. The molecule has 0 aliphatic rings. The van der Waals surface area contributed by atoms with Crippen LogP contribution < -0.4 is 0 Å². The molecular weight excluding hydrogens is 403 g/mol. The number of hydrogen-bond donors (Lipinski definition) is 0. The van der Waals surface area contributed by atoms with Crippen LogP contribution in [0.25, 0.3) is 0 Å². The van der Waals surface area contributed by atoms with Crippen LogP contribution in [-0.2, 0) is 0 Å². The van der Waals surface area contributed by atoms with Gasteiger partial charge in [0.05, 0.1) is 0 Å². The van der Waals surface area contributed by atoms with Gasteiger partial charge in [-0.05, 0) is 5.92 Å². The van der Waals surface area contributed by atoms with Crippen molar-refractivity contribution in [3.05, 3.63) is 6.42 Å². The second-order valence-electron chi connectivity index (χ2n) is 3.50. The molecular formula is C10H23ORf-. The summed E-state index contributed by atoms with van der Waals surface area (Å²) < 4.78 is 0. The quantitative estimate of drug-likeness (QED) is 0.606. The zero-order chi connectivity index (χ0) is 7.98. The normalized spacial score (nSPS) is 14.0. The third-order valence-electron chi connectivity index (χ3n) is 2.14. The van der Waals surface area contributed by atoms with E-state index in [1.165, 1.54) is 19.3 Å². The van der Waals surface area contributed by atoms with Gasteiger partial charge in [0.2, 0.25) is 0 Å². The van der Waals surface area contributed by atoms with Crippen molar-refractivity contribution in [3.8, 4) is 0 Å². The molecule has 0 heterocycles. The van der Waals surface area contributed by atoms with Gasteiger partial charge in [-0.25, -0.2) is 0 Å². The van der Waals surface area contributed by atoms with Crippen LogP contribution in [-0.4, -0.2) is 5.48 Å². The van der Waals surface area contributed by atoms with E-state index in [1.807, 2.05) is 0 Å². The predicted octanol–water partition coefficient (Wildman–Crippen LogP) is 2.85. The summed E-state index contributed by atoms with van der Waals surface area (Å²) in [5.74, 6) is 1.80. The molecule has 72 valence electrons. The van der Waals surface area contributed by atoms with Crippen molar-refractivity contribution < 1.29 is 5.48 Å². The molecule has 0 aliphatic carbocycles. The Balaban J connectivity index is -0.000000405. The predicted molar refractivity (Wildman–Crippen MR) is 51.4 cm³/mol. The maximum atomic E-state index is 2.34. The Bertz CT molecular complexity index is 76.2. The van der Waals surface area contributed by atoms with Crippen molar-refractivity contribution in [2.75, 3.05) is 0 Å². The van der Waals surface area contributed by atoms with Crippen LogP contribution in [0.5, 0.6) is 0 Å². The second-order valence-corrected chi connectivity index (χ2v) is 3.50. The van der Waals surface area contributed by atoms with Crippen molar-refractivity contribution in [1.29, 1.82) is 0 Å². The van der Waals surface area contributed by atoms with Gasteiger partial charge < -0.3 is 11.9 Å². The third kappa shape index (κ3) is 8.96. The summed E-state index contributed by atoms with van der Waals surface area (Å²) in [7, 11) is 0. The van der Waals surface area contributed by atoms with Gasteiger partial charge in [0.15, 0.2) is 0 Å². The van der Waals surface area contributed by atoms with E-state index in [-0.39, 0.29) is 5.48 Å². The first-order valence-electron chi connectivity index (χ1n) is 4.48. The molecule has 2 atom stereocenters. The van der Waals surface area contributed by atoms with Gasteiger partial charge in [-0.3, -0.25) is 0 Å². The molecule has 2 heteroatoms. The van der Waals surface area contributed by atoms with E-state index in [1.54, 1.807) is 0 Å². The van der Waals surface area contributed by atoms with E-state index in [9.17, 15) is 0 Å². The van der Waals surface area contributed by atoms with Crippen molar-refractivity contribution in [3.63, 3.8) is 0 Å². The molecule has 1 nitrogen and oxygen atoms in total. The Kier molecular flexibility index (Phi) is 14.2. The minimum Gasteiger partial charge on any atom is -0.412 e. The molecule has 0 aromatic carbocycles. The molecule has 0 fully saturated rings. The monoisotopic (exact) mass is 426 g/mol. The Morgan fingerprint density at radius 1 is 1.17 bits per heavy atom. The van der Waals surface area contributed by atoms with Crippen LogP contribution in [0.2, 0.25) is 0 Å². The fraction of sp³-hybridized carbons (Fsp3) is 0.900. The van der Waals surface area contributed by atoms with Gasteiger partial charge in [-0.1, -0.05) is 39.5 Å². The zero-order valence-electron chi connectivity index (χ0n) is 9.06. The summed E-state index contributed by atoms with van der Waals surface area (Å²) in [5.41, 5.74) is 0. The maximum absolute atomic E-state index is 2.34. The van der Waals surface area contributed by atoms with Gasteiger partial charge in [0, 0.05) is 0 Å². The van der Waals surface area contributed by atoms with Crippen LogP contribution in [0.15, 0.2) is 0 Å². The molecule has 0 spiro atoms. The largest absolute Gasteiger partial charge is 0.412 e. The Morgan fingerprint density at radius 2 is 1.67 bits per heavy atom. The number of hydrogen-bond acceptors (Lipinski definition) is 0. The zero-order valence-corrected chi connectivity index (χ0v) is 15.5. The minimum atomic E-state index is 0. The molecule has 0 aromatic heterocycles. The van der Waals surface area contributed by atoms with Crippen LogP contribution in [0, 0.1) is 18.3 Å². The molecule has 2 N–H and O–H groups in total. The molecule has 12 heavy (non-hydrogen) atoms. The van der Waals surface area contributed by atoms with Gasteiger partial charge in [0.1, 0.15) is 0 Å². The van der Waals surface area contributed by atoms with Crippen LogP contribution >= 0.6 is 0 Å². The Morgan fingerprint density at radius 3 is 2.00 bits per heavy atom. The van der Waals surface area contributed by atoms with E-state index in [0.717, 1.165) is 11.8 Å². The molecule has 0 saturated carbocycles. The van der Waals surface area contributed by atoms with Crippen LogP contribution in [0.4, 0.5) is 0 Å². The van der Waals surface area contributed by atoms with Gasteiger partial charge in [-0.2, -0.15) is 13.3 Å². The molecule has 2 unspecified atom stereocenters. The first-order chi connectivity index (χ1) is 4.70. The molecule has 0 radical (unpaired) electrons. The van der Waals surface area contributed by atoms with E-state index in [2.05, 4.69) is 34.1 Å². The second kappa shape index (κ2) is 9.96. The standard InChI is InChI=1S/C10H21.H2O.Rf/c1-5-7-10(4)8-9(3)6-2;;/h5,9-10H,6-8H2,1-4H3;1H2;/q-1;;. The molecule has 0 amide bonds. The van der Waals surface area contributed by atoms with Crippen molar-refractivity contribution >= 4 is 0 Å². The summed E-state index contributed by atoms with van der Waals surface area (Å²) in [4.78, 5) is 0. The minimum absolute atomic E-state index is 0. The van der Waals surface area contributed by atoms with E-state index in [0.29, 0.717) is 0 Å². The summed E-state index contributed by atoms with van der Waals surface area (Å²) in [5, 5.41) is 0. The molecule has 0 bridgehead atoms. The molecule has 0 rings (SSSR count). The fourth-order valence-electron chi connectivity index (χ4n) is 1.35. The first kappa shape index (κ1) is 17.2. The molecule has 0 aromatic rings. The van der Waals surface area contributed by atoms with Crippen molar-refractivity contribution in [2.24, 2.45) is 11.8 Å². The van der Waals surface area contributed by atoms with Gasteiger partial charge >= 0.3 is 0 Å². The molecule has 0 aliphatic heterocycles. The van der Waals surface area contributed by atoms with E-state index in [4.69, 9.17) is 0 Å². The summed E-state index contributed by atoms with van der Waals surface area (Å²) >= 11 is 0. The van der Waals surface area contributed by atoms with E-state index < -0.39 is 0 Å². The Labute approximate surface area is 71.5 Å². The van der Waals surface area contributed by atoms with Gasteiger partial charge in [0.25, 0.3) is 0 Å². The summed E-state index contributed by atoms with van der Waals surface area (Å²) in [6, 6.07) is 0. The number of rotatable bonds is 5. The first-order valence-corrected chi connectivity index (χ1v) is 4.48. The average molecular weight is 426 g/mol. The maximum Gasteiger partial charge on any atom is 0 e. The summed E-state index contributed by atoms with van der Waals surface area (Å²) in [6.07, 6.45) is 6.27. The molecule has 0 saturated heterocycles. The van der Waals surface area contributed by atoms with Gasteiger partial charge in [-0.15, -0.1) is 0 Å². The van der Waals surface area contributed by atoms with Crippen molar-refractivity contribution in [1.82, 2.24) is 0 Å². The SMILES string of the molecule is C[CH-]CC(C)CC(C)CC.O.[Rf].